The van der Waals surface area contributed by atoms with Crippen LogP contribution >= 0.6 is 0 Å². The number of amides is 1. The number of carbonyl (C=O) groups is 1. The highest BCUT2D eigenvalue weighted by Crippen LogP contribution is 2.11. The van der Waals surface area contributed by atoms with Crippen LogP contribution in [0.2, 0.25) is 0 Å². The zero-order chi connectivity index (χ0) is 17.3. The van der Waals surface area contributed by atoms with E-state index in [1.807, 2.05) is 30.3 Å². The van der Waals surface area contributed by atoms with Crippen LogP contribution in [0.3, 0.4) is 0 Å². The second-order valence-electron chi connectivity index (χ2n) is 6.51. The van der Waals surface area contributed by atoms with Crippen molar-refractivity contribution in [1.29, 1.82) is 0 Å². The van der Waals surface area contributed by atoms with Gasteiger partial charge >= 0.3 is 6.09 Å². The van der Waals surface area contributed by atoms with Gasteiger partial charge in [-0.1, -0.05) is 101 Å². The number of rotatable bonds is 14. The Morgan fingerprint density at radius 3 is 1.96 bits per heavy atom. The highest BCUT2D eigenvalue weighted by molar-refractivity contribution is 5.67. The fourth-order valence-corrected chi connectivity index (χ4v) is 2.75. The summed E-state index contributed by atoms with van der Waals surface area (Å²) < 4.78 is 5.20. The molecule has 0 saturated heterocycles. The van der Waals surface area contributed by atoms with E-state index in [0.29, 0.717) is 13.2 Å². The summed E-state index contributed by atoms with van der Waals surface area (Å²) in [6, 6.07) is 9.88. The maximum Gasteiger partial charge on any atom is 0.407 e. The quantitative estimate of drug-likeness (QED) is 0.410. The molecule has 0 fully saturated rings. The van der Waals surface area contributed by atoms with Crippen molar-refractivity contribution in [2.75, 3.05) is 6.61 Å². The van der Waals surface area contributed by atoms with Crippen LogP contribution in [0.1, 0.15) is 83.1 Å². The molecule has 0 unspecified atom stereocenters. The minimum Gasteiger partial charge on any atom is -0.450 e. The van der Waals surface area contributed by atoms with Crippen molar-refractivity contribution in [3.63, 3.8) is 0 Å². The molecule has 0 heterocycles. The van der Waals surface area contributed by atoms with E-state index >= 15 is 0 Å². The van der Waals surface area contributed by atoms with Crippen LogP contribution in [0, 0.1) is 0 Å². The molecule has 3 heteroatoms. The lowest BCUT2D eigenvalue weighted by Gasteiger charge is -2.07. The van der Waals surface area contributed by atoms with Gasteiger partial charge in [-0.25, -0.2) is 4.79 Å². The topological polar surface area (TPSA) is 38.3 Å². The Bertz CT molecular complexity index is 406. The fourth-order valence-electron chi connectivity index (χ4n) is 2.75. The minimum absolute atomic E-state index is 0.314. The van der Waals surface area contributed by atoms with Gasteiger partial charge in [0.25, 0.3) is 0 Å². The average Bonchev–Trinajstić information content (AvgIpc) is 2.62. The summed E-state index contributed by atoms with van der Waals surface area (Å²) in [6.45, 7) is 3.31. The molecule has 24 heavy (non-hydrogen) atoms. The first kappa shape index (κ1) is 20.5. The van der Waals surface area contributed by atoms with Crippen molar-refractivity contribution >= 4 is 6.09 Å². The van der Waals surface area contributed by atoms with E-state index in [9.17, 15) is 4.79 Å². The van der Waals surface area contributed by atoms with Gasteiger partial charge in [0.05, 0.1) is 6.61 Å². The smallest absolute Gasteiger partial charge is 0.407 e. The van der Waals surface area contributed by atoms with Gasteiger partial charge in [-0.2, -0.15) is 0 Å². The summed E-state index contributed by atoms with van der Waals surface area (Å²) in [5.74, 6) is 0. The Morgan fingerprint density at radius 1 is 0.833 bits per heavy atom. The number of benzene rings is 1. The van der Waals surface area contributed by atoms with Gasteiger partial charge in [0.1, 0.15) is 0 Å². The lowest BCUT2D eigenvalue weighted by Crippen LogP contribution is -2.24. The van der Waals surface area contributed by atoms with Crippen LogP contribution in [-0.4, -0.2) is 12.7 Å². The molecule has 1 N–H and O–H groups in total. The highest BCUT2D eigenvalue weighted by atomic mass is 16.5. The van der Waals surface area contributed by atoms with Crippen molar-refractivity contribution in [2.24, 2.45) is 0 Å². The third kappa shape index (κ3) is 12.0. The molecule has 0 aliphatic heterocycles. The summed E-state index contributed by atoms with van der Waals surface area (Å²) in [4.78, 5) is 11.6. The Morgan fingerprint density at radius 2 is 1.38 bits per heavy atom. The molecule has 0 bridgehead atoms. The molecule has 1 aromatic rings. The number of nitrogens with one attached hydrogen (secondary N) is 1. The lowest BCUT2D eigenvalue weighted by atomic mass is 10.1. The van der Waals surface area contributed by atoms with Crippen LogP contribution in [0.5, 0.6) is 0 Å². The van der Waals surface area contributed by atoms with Crippen LogP contribution in [0.25, 0.3) is 0 Å². The molecule has 0 aliphatic carbocycles. The van der Waals surface area contributed by atoms with Crippen LogP contribution < -0.4 is 5.32 Å². The number of hydrogen-bond donors (Lipinski definition) is 1. The molecule has 1 aromatic carbocycles. The van der Waals surface area contributed by atoms with E-state index in [2.05, 4.69) is 12.2 Å². The first-order valence-corrected chi connectivity index (χ1v) is 9.77. The Labute approximate surface area is 148 Å². The molecule has 0 saturated carbocycles. The summed E-state index contributed by atoms with van der Waals surface area (Å²) in [5, 5.41) is 2.78. The zero-order valence-corrected chi connectivity index (χ0v) is 15.4. The Kier molecular flexibility index (Phi) is 12.9. The molecule has 0 atom stereocenters. The maximum absolute atomic E-state index is 11.6. The second-order valence-corrected chi connectivity index (χ2v) is 6.51. The third-order valence-corrected chi connectivity index (χ3v) is 4.26. The normalized spacial score (nSPS) is 10.5. The molecule has 136 valence electrons. The van der Waals surface area contributed by atoms with E-state index < -0.39 is 0 Å². The second kappa shape index (κ2) is 15.0. The fraction of sp³-hybridized carbons (Fsp3) is 0.667. The average molecular weight is 334 g/mol. The number of unbranched alkanes of at least 4 members (excludes halogenated alkanes) is 10. The first-order valence-electron chi connectivity index (χ1n) is 9.77. The molecule has 0 radical (unpaired) electrons. The lowest BCUT2D eigenvalue weighted by molar-refractivity contribution is 0.143. The van der Waals surface area contributed by atoms with E-state index in [-0.39, 0.29) is 6.09 Å². The number of ether oxygens (including phenoxy) is 1. The third-order valence-electron chi connectivity index (χ3n) is 4.26. The van der Waals surface area contributed by atoms with Gasteiger partial charge in [0.2, 0.25) is 0 Å². The number of hydrogen-bond acceptors (Lipinski definition) is 2. The summed E-state index contributed by atoms with van der Waals surface area (Å²) in [7, 11) is 0. The van der Waals surface area contributed by atoms with Crippen LogP contribution in [0.15, 0.2) is 30.3 Å². The van der Waals surface area contributed by atoms with Crippen molar-refractivity contribution < 1.29 is 9.53 Å². The van der Waals surface area contributed by atoms with Gasteiger partial charge in [0, 0.05) is 6.54 Å². The van der Waals surface area contributed by atoms with Gasteiger partial charge < -0.3 is 10.1 Å². The Balaban J connectivity index is 1.82. The van der Waals surface area contributed by atoms with E-state index in [4.69, 9.17) is 4.74 Å². The summed E-state index contributed by atoms with van der Waals surface area (Å²) in [5.41, 5.74) is 1.09. The largest absolute Gasteiger partial charge is 0.450 e. The highest BCUT2D eigenvalue weighted by Gasteiger charge is 2.01. The Hall–Kier alpha value is -1.51. The minimum atomic E-state index is -0.314. The van der Waals surface area contributed by atoms with Gasteiger partial charge in [0.15, 0.2) is 0 Å². The zero-order valence-electron chi connectivity index (χ0n) is 15.4. The van der Waals surface area contributed by atoms with E-state index in [1.54, 1.807) is 0 Å². The standard InChI is InChI=1S/C21H35NO2/c1-2-3-4-5-6-7-8-9-10-11-15-18-24-21(23)22-19-20-16-13-12-14-17-20/h12-14,16-17H,2-11,15,18-19H2,1H3,(H,22,23). The summed E-state index contributed by atoms with van der Waals surface area (Å²) in [6.07, 6.45) is 14.0. The monoisotopic (exact) mass is 333 g/mol. The van der Waals surface area contributed by atoms with Crippen molar-refractivity contribution in [3.8, 4) is 0 Å². The number of carbonyl (C=O) groups excluding carboxylic acids is 1. The molecule has 3 nitrogen and oxygen atoms in total. The van der Waals surface area contributed by atoms with E-state index in [1.165, 1.54) is 57.8 Å². The molecule has 0 aromatic heterocycles. The molecular formula is C21H35NO2. The van der Waals surface area contributed by atoms with Crippen molar-refractivity contribution in [3.05, 3.63) is 35.9 Å². The van der Waals surface area contributed by atoms with Crippen LogP contribution in [-0.2, 0) is 11.3 Å². The van der Waals surface area contributed by atoms with Gasteiger partial charge in [-0.05, 0) is 12.0 Å². The molecular weight excluding hydrogens is 298 g/mol. The predicted octanol–water partition coefficient (Wildman–Crippen LogP) is 6.22. The van der Waals surface area contributed by atoms with E-state index in [0.717, 1.165) is 18.4 Å². The molecule has 0 aliphatic rings. The maximum atomic E-state index is 11.6. The first-order chi connectivity index (χ1) is 11.8. The molecule has 1 amide bonds. The van der Waals surface area contributed by atoms with Gasteiger partial charge in [-0.3, -0.25) is 0 Å². The molecule has 1 rings (SSSR count). The van der Waals surface area contributed by atoms with Crippen LogP contribution in [0.4, 0.5) is 4.79 Å². The van der Waals surface area contributed by atoms with Crippen molar-refractivity contribution in [1.82, 2.24) is 5.32 Å². The predicted molar refractivity (Wildman–Crippen MR) is 101 cm³/mol. The van der Waals surface area contributed by atoms with Gasteiger partial charge in [-0.15, -0.1) is 0 Å². The summed E-state index contributed by atoms with van der Waals surface area (Å²) >= 11 is 0. The number of alkyl carbamates (subject to hydrolysis) is 1. The molecule has 0 spiro atoms. The van der Waals surface area contributed by atoms with Crippen molar-refractivity contribution in [2.45, 2.75) is 84.1 Å². The SMILES string of the molecule is CCCCCCCCCCCCCOC(=O)NCc1ccccc1.